The quantitative estimate of drug-likeness (QED) is 0.0142. The number of aromatic nitrogens is 2. The maximum atomic E-state index is 15.7. The number of rotatable bonds is 24. The zero-order valence-corrected chi connectivity index (χ0v) is 70.8. The van der Waals surface area contributed by atoms with Crippen LogP contribution in [0.25, 0.3) is 0 Å². The van der Waals surface area contributed by atoms with E-state index in [1.165, 1.54) is 41.9 Å². The molecule has 5 fully saturated rings. The van der Waals surface area contributed by atoms with E-state index in [9.17, 15) is 37.7 Å². The van der Waals surface area contributed by atoms with Crippen molar-refractivity contribution in [1.29, 1.82) is 0 Å². The van der Waals surface area contributed by atoms with E-state index in [4.69, 9.17) is 39.5 Å². The van der Waals surface area contributed by atoms with Gasteiger partial charge in [0.2, 0.25) is 11.8 Å². The number of benzene rings is 5. The van der Waals surface area contributed by atoms with E-state index in [-0.39, 0.29) is 99.1 Å². The topological polar surface area (TPSA) is 325 Å². The van der Waals surface area contributed by atoms with Gasteiger partial charge in [-0.25, -0.2) is 32.1 Å². The van der Waals surface area contributed by atoms with Gasteiger partial charge in [0.05, 0.1) is 57.3 Å². The number of nitrogens with zero attached hydrogens (tertiary/aromatic N) is 4. The second-order valence-corrected chi connectivity index (χ2v) is 34.1. The Bertz CT molecular complexity index is 4370. The van der Waals surface area contributed by atoms with Crippen molar-refractivity contribution < 1.29 is 110 Å². The number of aliphatic carboxylic acids is 1. The van der Waals surface area contributed by atoms with Crippen molar-refractivity contribution in [2.75, 3.05) is 51.6 Å². The summed E-state index contributed by atoms with van der Waals surface area (Å²) in [6.45, 7) is 16.7. The van der Waals surface area contributed by atoms with Crippen molar-refractivity contribution in [3.05, 3.63) is 227 Å². The number of amides is 4. The monoisotopic (exact) mass is 1640 g/mol. The number of pyridine rings is 2. The molecule has 618 valence electrons. The number of hydrogen-bond donors (Lipinski definition) is 6. The first-order valence-corrected chi connectivity index (χ1v) is 38.8. The first kappa shape index (κ1) is 95.7. The normalized spacial score (nSPS) is 21.5. The Labute approximate surface area is 705 Å². The minimum absolute atomic E-state index is 0. The molecule has 5 aromatic carbocycles. The summed E-state index contributed by atoms with van der Waals surface area (Å²) in [5.41, 5.74) is 7.23. The Balaban J connectivity index is 0.000000274. The molecule has 9 atom stereocenters. The summed E-state index contributed by atoms with van der Waals surface area (Å²) in [5, 5.41) is 26.8. The molecule has 5 aliphatic rings. The number of carboxylic acids is 1. The number of carboxylic acid groups (broad SMARTS) is 1. The third kappa shape index (κ3) is 24.5. The first-order valence-electron chi connectivity index (χ1n) is 37.6. The molecule has 5 heterocycles. The average molecular weight is 1640 g/mol. The molecule has 4 amide bonds. The number of likely N-dealkylation sites (tertiary alicyclic amines) is 2. The fourth-order valence-electron chi connectivity index (χ4n) is 14.4. The predicted octanol–water partition coefficient (Wildman–Crippen LogP) is 10.8. The van der Waals surface area contributed by atoms with Crippen LogP contribution in [-0.2, 0) is 86.6 Å². The van der Waals surface area contributed by atoms with Crippen molar-refractivity contribution in [2.45, 2.75) is 202 Å². The molecular formula is C86H111ClF2N9NaO15S. The van der Waals surface area contributed by atoms with E-state index < -0.39 is 109 Å². The Morgan fingerprint density at radius 1 is 0.591 bits per heavy atom. The van der Waals surface area contributed by atoms with E-state index in [1.54, 1.807) is 105 Å². The minimum atomic E-state index is -1.50. The zero-order valence-electron chi connectivity index (χ0n) is 67.2. The molecule has 29 heteroatoms. The minimum Gasteiger partial charge on any atom is -0.662 e. The maximum Gasteiger partial charge on any atom is 1.00 e. The van der Waals surface area contributed by atoms with Gasteiger partial charge in [-0.2, -0.15) is 0 Å². The first-order chi connectivity index (χ1) is 53.1. The molecule has 115 heavy (non-hydrogen) atoms. The van der Waals surface area contributed by atoms with Gasteiger partial charge >= 0.3 is 47.7 Å². The molecule has 12 rings (SSSR count). The number of ether oxygens (including phenoxy) is 5. The Hall–Kier alpha value is -8.16. The van der Waals surface area contributed by atoms with Crippen molar-refractivity contribution in [2.24, 2.45) is 17.6 Å². The van der Waals surface area contributed by atoms with Crippen LogP contribution in [0.1, 0.15) is 179 Å². The van der Waals surface area contributed by atoms with E-state index in [2.05, 4.69) is 35.5 Å². The van der Waals surface area contributed by atoms with Gasteiger partial charge in [0.15, 0.2) is 0 Å². The molecular weight excluding hydrogens is 1530 g/mol. The number of hydrogen-bond acceptors (Lipinski definition) is 18. The zero-order chi connectivity index (χ0) is 81.5. The smallest absolute Gasteiger partial charge is 0.662 e. The second kappa shape index (κ2) is 41.3. The molecule has 2 saturated carbocycles. The van der Waals surface area contributed by atoms with Crippen molar-refractivity contribution >= 4 is 71.2 Å². The fraction of sp³-hybridized carbons (Fsp3) is 0.465. The molecule has 0 radical (unpaired) electrons. The predicted molar refractivity (Wildman–Crippen MR) is 432 cm³/mol. The van der Waals surface area contributed by atoms with Crippen LogP contribution in [-0.4, -0.2) is 141 Å². The van der Waals surface area contributed by atoms with Crippen LogP contribution in [0.4, 0.5) is 29.7 Å². The van der Waals surface area contributed by atoms with E-state index >= 15 is 4.39 Å². The average Bonchev–Trinajstić information content (AvgIpc) is 1.74. The summed E-state index contributed by atoms with van der Waals surface area (Å²) in [4.78, 5) is 87.2. The van der Waals surface area contributed by atoms with Gasteiger partial charge in [-0.05, 0) is 187 Å². The second-order valence-electron chi connectivity index (χ2n) is 32.2. The largest absolute Gasteiger partial charge is 1.00 e. The van der Waals surface area contributed by atoms with Crippen LogP contribution in [0.5, 0.6) is 0 Å². The molecule has 2 unspecified atom stereocenters. The Kier molecular flexibility index (Phi) is 34.4. The van der Waals surface area contributed by atoms with Gasteiger partial charge in [0.25, 0.3) is 6.47 Å². The van der Waals surface area contributed by atoms with Gasteiger partial charge in [0.1, 0.15) is 51.7 Å². The van der Waals surface area contributed by atoms with Gasteiger partial charge in [-0.15, -0.1) is 12.4 Å². The Morgan fingerprint density at radius 2 is 0.991 bits per heavy atom. The summed E-state index contributed by atoms with van der Waals surface area (Å²) in [5.74, 6) is -1.80. The standard InChI is InChI=1S/C38H49FN4O5S.C29H33FN4O2.C17H23NO5.CH2O3.CH4.ClH.Na/c1-35(2,3)48-34(45)43-25-37(47-7,27-11-9-8-10-12-27)24-32(43)33(44)41-31-23-29(15-16-30(31)39)38(20-17-26-13-14-26,28-18-21-40-22-19-28)42-49(46)36(4,5)6;1-36-28(21-5-3-2-4-6-21)18-26(33-19-28)27(35)34-25-17-23(9-10-24(25)30)29(31,14-11-20-7-8-20)22-12-15-32-16-13-22;1-16(2,3)23-15(21)18-11-17(22-4,10-13(18)14(19)20)12-8-6-5-7-9-12;2-1-4-3;;;/h8-12,15-16,18-19,21-23,26,32,42H,13-14,17,20,24-25H2,1-7H3,(H,41,44);2-6,9-10,12-13,15-17,20,26,33H,7-8,11,14,18-19,31H2,1H3,(H,34,35);5-9,13H,10-11H2,1-4H3,(H,19,20);1,3H;1H4;1H;/q;;;;;;+1/p-1/t32-,37-,38?,49+;26-,28-,29?;13-,17-;;;;/m111..../s1. The van der Waals surface area contributed by atoms with Crippen molar-refractivity contribution in [3.63, 3.8) is 0 Å². The van der Waals surface area contributed by atoms with E-state index in [1.807, 2.05) is 136 Å². The molecule has 3 aliphatic heterocycles. The summed E-state index contributed by atoms with van der Waals surface area (Å²) >= 11 is 0. The fourth-order valence-corrected chi connectivity index (χ4v) is 15.4. The van der Waals surface area contributed by atoms with Gasteiger partial charge in [-0.1, -0.05) is 136 Å². The molecule has 3 saturated heterocycles. The summed E-state index contributed by atoms with van der Waals surface area (Å²) in [7, 11) is 3.24. The molecule has 2 aliphatic carbocycles. The van der Waals surface area contributed by atoms with Crippen LogP contribution in [0.15, 0.2) is 176 Å². The third-order valence-corrected chi connectivity index (χ3v) is 22.7. The number of nitrogens with two attached hydrogens (primary N) is 1. The van der Waals surface area contributed by atoms with Gasteiger partial charge in [-0.3, -0.25) is 34.2 Å². The van der Waals surface area contributed by atoms with Crippen LogP contribution >= 0.6 is 12.4 Å². The molecule has 24 nitrogen and oxygen atoms in total. The van der Waals surface area contributed by atoms with Crippen LogP contribution < -0.4 is 61.2 Å². The third-order valence-electron chi connectivity index (χ3n) is 21.0. The number of carbonyl (C=O) groups is 6. The van der Waals surface area contributed by atoms with Gasteiger partial charge < -0.3 is 60.6 Å². The summed E-state index contributed by atoms with van der Waals surface area (Å²) in [6, 6.07) is 43.1. The van der Waals surface area contributed by atoms with Crippen molar-refractivity contribution in [3.8, 4) is 0 Å². The number of methoxy groups -OCH3 is 3. The molecule has 7 aromatic rings. The number of nitrogens with one attached hydrogen (secondary N) is 4. The molecule has 2 aromatic heterocycles. The number of carbonyl (C=O) groups excluding carboxylic acids is 5. The van der Waals surface area contributed by atoms with Crippen LogP contribution in [0.3, 0.4) is 0 Å². The number of anilines is 2. The molecule has 7 N–H and O–H groups in total. The SMILES string of the molecule is C.CO[C@@]1(c2ccccc2)CN[C@@H](C(=O)Nc2cc(C(N)(CCC3CC3)c3ccncc3)ccc2F)C1.CO[C@]1(c2ccccc2)C[C@H](C(=O)Nc2cc(C(CCC3CC3)(N[S@@](=O)C(C)(C)C)c3ccncc3)ccc2F)N(C(=O)OC(C)(C)C)C1.CO[C@]1(c2ccccc2)C[C@H](C(=O)O)N(C(=O)OC(C)(C)C)C1.Cl.O=CO[O-].[Na+]. The van der Waals surface area contributed by atoms with Crippen LogP contribution in [0.2, 0.25) is 0 Å². The molecule has 0 spiro atoms. The summed E-state index contributed by atoms with van der Waals surface area (Å²) in [6.07, 6.45) is 14.2. The maximum absolute atomic E-state index is 15.7. The Morgan fingerprint density at radius 3 is 1.41 bits per heavy atom. The van der Waals surface area contributed by atoms with Crippen LogP contribution in [0, 0.1) is 23.5 Å². The number of halogens is 3. The van der Waals surface area contributed by atoms with E-state index in [0.29, 0.717) is 36.8 Å². The summed E-state index contributed by atoms with van der Waals surface area (Å²) < 4.78 is 75.9. The van der Waals surface area contributed by atoms with E-state index in [0.717, 1.165) is 65.5 Å². The molecule has 0 bridgehead atoms. The van der Waals surface area contributed by atoms with Gasteiger partial charge in [0, 0.05) is 71.9 Å². The van der Waals surface area contributed by atoms with Crippen molar-refractivity contribution in [1.82, 2.24) is 29.8 Å².